The maximum atomic E-state index is 13.4. The number of sulfonamides is 1. The Bertz CT molecular complexity index is 941. The smallest absolute Gasteiger partial charge is 0.418 e. The van der Waals surface area contributed by atoms with Gasteiger partial charge in [0.05, 0.1) is 28.9 Å². The van der Waals surface area contributed by atoms with E-state index >= 15 is 0 Å². The fourth-order valence-corrected chi connectivity index (χ4v) is 4.14. The van der Waals surface area contributed by atoms with Gasteiger partial charge in [0, 0.05) is 13.1 Å². The Balaban J connectivity index is 1.87. The lowest BCUT2D eigenvalue weighted by Gasteiger charge is -2.29. The zero-order valence-electron chi connectivity index (χ0n) is 15.8. The minimum atomic E-state index is -4.56. The van der Waals surface area contributed by atoms with E-state index in [0.717, 1.165) is 31.4 Å². The lowest BCUT2D eigenvalue weighted by Crippen LogP contribution is -2.35. The molecule has 1 saturated heterocycles. The normalized spacial score (nSPS) is 15.7. The summed E-state index contributed by atoms with van der Waals surface area (Å²) in [5.41, 5.74) is 1.80. The van der Waals surface area contributed by atoms with Crippen LogP contribution < -0.4 is 14.9 Å². The Morgan fingerprint density at radius 2 is 1.66 bits per heavy atom. The highest BCUT2D eigenvalue weighted by atomic mass is 32.2. The van der Waals surface area contributed by atoms with Crippen molar-refractivity contribution in [2.24, 2.45) is 0 Å². The van der Waals surface area contributed by atoms with Crippen molar-refractivity contribution in [3.8, 4) is 5.75 Å². The fourth-order valence-electron chi connectivity index (χ4n) is 3.09. The van der Waals surface area contributed by atoms with Gasteiger partial charge in [0.1, 0.15) is 5.75 Å². The number of hydrogen-bond donors (Lipinski definition) is 2. The molecule has 0 amide bonds. The maximum absolute atomic E-state index is 13.4. The van der Waals surface area contributed by atoms with Gasteiger partial charge >= 0.3 is 6.18 Å². The van der Waals surface area contributed by atoms with E-state index in [-0.39, 0.29) is 16.3 Å². The summed E-state index contributed by atoms with van der Waals surface area (Å²) in [6.07, 6.45) is -1.76. The number of benzene rings is 2. The molecular weight excluding hydrogens is 407 g/mol. The topological polar surface area (TPSA) is 70.7 Å². The fraction of sp³-hybridized carbons (Fsp3) is 0.368. The second-order valence-electron chi connectivity index (χ2n) is 6.70. The standard InChI is InChI=1S/C19H22F3N3O3S/c1-28-15-6-8-16(9-7-15)29(26,27)24-14-5-10-17(19(20,21)22)18(13-14)23-25-11-3-2-4-12-25/h5-10,13,23-24H,2-4,11-12H2,1H3. The number of methoxy groups -OCH3 is 1. The second-order valence-corrected chi connectivity index (χ2v) is 8.38. The van der Waals surface area contributed by atoms with Crippen LogP contribution in [0, 0.1) is 0 Å². The van der Waals surface area contributed by atoms with Crippen LogP contribution in [-0.2, 0) is 16.2 Å². The number of rotatable bonds is 6. The van der Waals surface area contributed by atoms with Gasteiger partial charge in [-0.15, -0.1) is 0 Å². The van der Waals surface area contributed by atoms with Crippen molar-refractivity contribution in [1.82, 2.24) is 5.01 Å². The predicted octanol–water partition coefficient (Wildman–Crippen LogP) is 4.33. The predicted molar refractivity (Wildman–Crippen MR) is 104 cm³/mol. The Labute approximate surface area is 167 Å². The van der Waals surface area contributed by atoms with E-state index in [9.17, 15) is 21.6 Å². The van der Waals surface area contributed by atoms with E-state index in [1.54, 1.807) is 5.01 Å². The number of hydrogen-bond acceptors (Lipinski definition) is 5. The number of alkyl halides is 3. The molecule has 2 aromatic rings. The van der Waals surface area contributed by atoms with Gasteiger partial charge in [-0.05, 0) is 55.3 Å². The molecule has 1 aliphatic rings. The molecule has 1 aliphatic heterocycles. The van der Waals surface area contributed by atoms with Crippen LogP contribution in [-0.4, -0.2) is 33.6 Å². The van der Waals surface area contributed by atoms with Crippen LogP contribution in [0.3, 0.4) is 0 Å². The first-order valence-corrected chi connectivity index (χ1v) is 10.6. The minimum Gasteiger partial charge on any atom is -0.497 e. The van der Waals surface area contributed by atoms with Crippen molar-refractivity contribution >= 4 is 21.4 Å². The van der Waals surface area contributed by atoms with Gasteiger partial charge in [-0.1, -0.05) is 6.42 Å². The first kappa shape index (κ1) is 21.3. The van der Waals surface area contributed by atoms with Gasteiger partial charge in [-0.25, -0.2) is 13.4 Å². The highest BCUT2D eigenvalue weighted by molar-refractivity contribution is 7.92. The SMILES string of the molecule is COc1ccc(S(=O)(=O)Nc2ccc(C(F)(F)F)c(NN3CCCCC3)c2)cc1. The van der Waals surface area contributed by atoms with Gasteiger partial charge in [-0.2, -0.15) is 13.2 Å². The van der Waals surface area contributed by atoms with Gasteiger partial charge in [-0.3, -0.25) is 4.72 Å². The summed E-state index contributed by atoms with van der Waals surface area (Å²) in [4.78, 5) is -0.0243. The van der Waals surface area contributed by atoms with Crippen molar-refractivity contribution in [1.29, 1.82) is 0 Å². The van der Waals surface area contributed by atoms with E-state index in [0.29, 0.717) is 18.8 Å². The second kappa shape index (κ2) is 8.50. The maximum Gasteiger partial charge on any atom is 0.418 e. The molecule has 0 unspecified atom stereocenters. The van der Waals surface area contributed by atoms with Crippen molar-refractivity contribution < 1.29 is 26.3 Å². The third kappa shape index (κ3) is 5.33. The Hall–Kier alpha value is -2.46. The van der Waals surface area contributed by atoms with Crippen molar-refractivity contribution in [3.05, 3.63) is 48.0 Å². The summed E-state index contributed by atoms with van der Waals surface area (Å²) in [6, 6.07) is 8.84. The quantitative estimate of drug-likeness (QED) is 0.715. The molecule has 0 bridgehead atoms. The zero-order valence-corrected chi connectivity index (χ0v) is 16.6. The van der Waals surface area contributed by atoms with Crippen LogP contribution in [0.2, 0.25) is 0 Å². The molecule has 10 heteroatoms. The molecular formula is C19H22F3N3O3S. The molecule has 3 rings (SSSR count). The monoisotopic (exact) mass is 429 g/mol. The first-order valence-electron chi connectivity index (χ1n) is 9.09. The highest BCUT2D eigenvalue weighted by Gasteiger charge is 2.34. The Morgan fingerprint density at radius 1 is 1.00 bits per heavy atom. The Kier molecular flexibility index (Phi) is 6.23. The van der Waals surface area contributed by atoms with Gasteiger partial charge in [0.25, 0.3) is 10.0 Å². The lowest BCUT2D eigenvalue weighted by atomic mass is 10.1. The van der Waals surface area contributed by atoms with Crippen molar-refractivity contribution in [2.75, 3.05) is 30.3 Å². The van der Waals surface area contributed by atoms with E-state index < -0.39 is 21.8 Å². The molecule has 1 fully saturated rings. The van der Waals surface area contributed by atoms with E-state index in [1.165, 1.54) is 37.4 Å². The van der Waals surface area contributed by atoms with Gasteiger partial charge < -0.3 is 10.2 Å². The summed E-state index contributed by atoms with van der Waals surface area (Å²) >= 11 is 0. The van der Waals surface area contributed by atoms with Gasteiger partial charge in [0.2, 0.25) is 0 Å². The summed E-state index contributed by atoms with van der Waals surface area (Å²) in [5.74, 6) is 0.492. The molecule has 0 radical (unpaired) electrons. The average molecular weight is 429 g/mol. The van der Waals surface area contributed by atoms with Crippen LogP contribution >= 0.6 is 0 Å². The number of ether oxygens (including phenoxy) is 1. The molecule has 0 saturated carbocycles. The number of anilines is 2. The molecule has 29 heavy (non-hydrogen) atoms. The third-order valence-corrected chi connectivity index (χ3v) is 5.98. The number of piperidine rings is 1. The van der Waals surface area contributed by atoms with Crippen LogP contribution in [0.4, 0.5) is 24.5 Å². The summed E-state index contributed by atoms with van der Waals surface area (Å²) < 4.78 is 72.7. The van der Waals surface area contributed by atoms with Crippen molar-refractivity contribution in [3.63, 3.8) is 0 Å². The summed E-state index contributed by atoms with van der Waals surface area (Å²) in [6.45, 7) is 1.25. The van der Waals surface area contributed by atoms with Crippen LogP contribution in [0.1, 0.15) is 24.8 Å². The van der Waals surface area contributed by atoms with E-state index in [2.05, 4.69) is 10.1 Å². The van der Waals surface area contributed by atoms with E-state index in [4.69, 9.17) is 4.74 Å². The number of nitrogens with one attached hydrogen (secondary N) is 2. The molecule has 0 spiro atoms. The molecule has 158 valence electrons. The number of halogens is 3. The molecule has 6 nitrogen and oxygen atoms in total. The van der Waals surface area contributed by atoms with Crippen LogP contribution in [0.25, 0.3) is 0 Å². The molecule has 0 aliphatic carbocycles. The molecule has 2 aromatic carbocycles. The molecule has 0 aromatic heterocycles. The average Bonchev–Trinajstić information content (AvgIpc) is 2.68. The van der Waals surface area contributed by atoms with Crippen LogP contribution in [0.15, 0.2) is 47.4 Å². The minimum absolute atomic E-state index is 0.0243. The highest BCUT2D eigenvalue weighted by Crippen LogP contribution is 2.37. The molecule has 0 atom stereocenters. The van der Waals surface area contributed by atoms with Crippen LogP contribution in [0.5, 0.6) is 5.75 Å². The van der Waals surface area contributed by atoms with Gasteiger partial charge in [0.15, 0.2) is 0 Å². The lowest BCUT2D eigenvalue weighted by molar-refractivity contribution is -0.137. The first-order chi connectivity index (χ1) is 13.7. The number of nitrogens with zero attached hydrogens (tertiary/aromatic N) is 1. The molecule has 1 heterocycles. The summed E-state index contributed by atoms with van der Waals surface area (Å²) in [5, 5.41) is 1.72. The zero-order chi connectivity index (χ0) is 21.1. The summed E-state index contributed by atoms with van der Waals surface area (Å²) in [7, 11) is -2.51. The number of hydrazine groups is 1. The third-order valence-electron chi connectivity index (χ3n) is 4.58. The van der Waals surface area contributed by atoms with Crippen molar-refractivity contribution in [2.45, 2.75) is 30.3 Å². The van der Waals surface area contributed by atoms with E-state index in [1.807, 2.05) is 0 Å². The molecule has 2 N–H and O–H groups in total. The Morgan fingerprint density at radius 3 is 2.24 bits per heavy atom. The largest absolute Gasteiger partial charge is 0.497 e.